The number of para-hydroxylation sites is 1. The Hall–Kier alpha value is -4.86. The summed E-state index contributed by atoms with van der Waals surface area (Å²) >= 11 is 0. The van der Waals surface area contributed by atoms with Crippen molar-refractivity contribution in [3.63, 3.8) is 0 Å². The molecule has 2 aromatic carbocycles. The van der Waals surface area contributed by atoms with Crippen LogP contribution in [-0.2, 0) is 11.2 Å². The lowest BCUT2D eigenvalue weighted by atomic mass is 10.1. The molecule has 0 aliphatic rings. The molecule has 2 N–H and O–H groups in total. The lowest BCUT2D eigenvalue weighted by Gasteiger charge is -2.10. The standard InChI is InChI=1S/C26H20FN5O4/c1-15-8-9-16(13-19(15)27)25-29-24(36-32-25)11-10-23(33)30-31-26(34)18-14-21(22-7-4-12-35-22)28-20-6-3-2-5-17(18)20/h2-9,12-14H,10-11H2,1H3,(H,30,33)(H,31,34). The zero-order valence-corrected chi connectivity index (χ0v) is 19.1. The molecule has 0 aliphatic heterocycles. The fourth-order valence-electron chi connectivity index (χ4n) is 3.60. The van der Waals surface area contributed by atoms with E-state index in [4.69, 9.17) is 8.94 Å². The van der Waals surface area contributed by atoms with Crippen LogP contribution < -0.4 is 10.9 Å². The molecule has 0 radical (unpaired) electrons. The fourth-order valence-corrected chi connectivity index (χ4v) is 3.60. The van der Waals surface area contributed by atoms with E-state index in [1.165, 1.54) is 12.3 Å². The molecular formula is C26H20FN5O4. The predicted molar refractivity (Wildman–Crippen MR) is 128 cm³/mol. The van der Waals surface area contributed by atoms with E-state index in [-0.39, 0.29) is 30.4 Å². The summed E-state index contributed by atoms with van der Waals surface area (Å²) in [5.41, 5.74) is 7.27. The van der Waals surface area contributed by atoms with Crippen molar-refractivity contribution < 1.29 is 22.9 Å². The summed E-state index contributed by atoms with van der Waals surface area (Å²) in [7, 11) is 0. The SMILES string of the molecule is Cc1ccc(-c2noc(CCC(=O)NNC(=O)c3cc(-c4ccco4)nc4ccccc34)n2)cc1F. The Morgan fingerprint density at radius 1 is 1.00 bits per heavy atom. The lowest BCUT2D eigenvalue weighted by molar-refractivity contribution is -0.121. The van der Waals surface area contributed by atoms with Crippen LogP contribution in [0.25, 0.3) is 33.7 Å². The molecule has 0 spiro atoms. The van der Waals surface area contributed by atoms with Gasteiger partial charge in [0.25, 0.3) is 5.91 Å². The molecule has 0 unspecified atom stereocenters. The second-order valence-corrected chi connectivity index (χ2v) is 8.03. The van der Waals surface area contributed by atoms with Gasteiger partial charge in [-0.25, -0.2) is 9.37 Å². The van der Waals surface area contributed by atoms with Gasteiger partial charge < -0.3 is 8.94 Å². The number of hydrazine groups is 1. The highest BCUT2D eigenvalue weighted by Gasteiger charge is 2.16. The quantitative estimate of drug-likeness (QED) is 0.342. The van der Waals surface area contributed by atoms with Crippen molar-refractivity contribution >= 4 is 22.7 Å². The number of fused-ring (bicyclic) bond motifs is 1. The van der Waals surface area contributed by atoms with Crippen LogP contribution in [0.15, 0.2) is 75.9 Å². The minimum atomic E-state index is -0.503. The van der Waals surface area contributed by atoms with Crippen molar-refractivity contribution in [1.29, 1.82) is 0 Å². The molecule has 5 rings (SSSR count). The van der Waals surface area contributed by atoms with E-state index in [1.54, 1.807) is 55.5 Å². The van der Waals surface area contributed by atoms with Crippen LogP contribution >= 0.6 is 0 Å². The van der Waals surface area contributed by atoms with Gasteiger partial charge in [-0.1, -0.05) is 35.5 Å². The highest BCUT2D eigenvalue weighted by Crippen LogP contribution is 2.25. The summed E-state index contributed by atoms with van der Waals surface area (Å²) < 4.78 is 24.4. The third-order valence-electron chi connectivity index (χ3n) is 5.51. The van der Waals surface area contributed by atoms with Crippen molar-refractivity contribution in [1.82, 2.24) is 26.0 Å². The lowest BCUT2D eigenvalue weighted by Crippen LogP contribution is -2.41. The number of halogens is 1. The van der Waals surface area contributed by atoms with Crippen LogP contribution in [0.2, 0.25) is 0 Å². The van der Waals surface area contributed by atoms with E-state index in [0.717, 1.165) is 0 Å². The average Bonchev–Trinajstić information content (AvgIpc) is 3.60. The summed E-state index contributed by atoms with van der Waals surface area (Å²) in [4.78, 5) is 34.0. The third kappa shape index (κ3) is 4.83. The molecule has 5 aromatic rings. The number of amides is 2. The maximum atomic E-state index is 13.8. The molecule has 0 saturated heterocycles. The van der Waals surface area contributed by atoms with E-state index in [0.29, 0.717) is 39.0 Å². The van der Waals surface area contributed by atoms with Gasteiger partial charge in [0.2, 0.25) is 17.6 Å². The van der Waals surface area contributed by atoms with E-state index >= 15 is 0 Å². The number of carbonyl (C=O) groups is 2. The summed E-state index contributed by atoms with van der Waals surface area (Å²) in [5, 5.41) is 4.47. The van der Waals surface area contributed by atoms with Crippen LogP contribution in [0.3, 0.4) is 0 Å². The number of aromatic nitrogens is 3. The fraction of sp³-hybridized carbons (Fsp3) is 0.115. The second-order valence-electron chi connectivity index (χ2n) is 8.03. The van der Waals surface area contributed by atoms with E-state index in [2.05, 4.69) is 26.0 Å². The number of nitrogens with one attached hydrogen (secondary N) is 2. The number of carbonyl (C=O) groups excluding carboxylic acids is 2. The van der Waals surface area contributed by atoms with Gasteiger partial charge in [0.05, 0.1) is 17.3 Å². The average molecular weight is 485 g/mol. The molecule has 0 saturated carbocycles. The van der Waals surface area contributed by atoms with Crippen LogP contribution in [-0.4, -0.2) is 26.9 Å². The van der Waals surface area contributed by atoms with Crippen LogP contribution in [0.1, 0.15) is 28.2 Å². The first-order chi connectivity index (χ1) is 17.5. The maximum Gasteiger partial charge on any atom is 0.270 e. The largest absolute Gasteiger partial charge is 0.463 e. The molecule has 0 fully saturated rings. The number of nitrogens with zero attached hydrogens (tertiary/aromatic N) is 3. The molecule has 180 valence electrons. The van der Waals surface area contributed by atoms with Gasteiger partial charge in [0, 0.05) is 23.8 Å². The molecule has 2 amide bonds. The smallest absolute Gasteiger partial charge is 0.270 e. The third-order valence-corrected chi connectivity index (χ3v) is 5.51. The second kappa shape index (κ2) is 9.79. The number of furan rings is 1. The highest BCUT2D eigenvalue weighted by atomic mass is 19.1. The Morgan fingerprint density at radius 3 is 2.67 bits per heavy atom. The number of aryl methyl sites for hydroxylation is 2. The van der Waals surface area contributed by atoms with Gasteiger partial charge in [0.15, 0.2) is 5.76 Å². The Kier molecular flexibility index (Phi) is 6.23. The van der Waals surface area contributed by atoms with Gasteiger partial charge in [-0.2, -0.15) is 4.98 Å². The predicted octanol–water partition coefficient (Wildman–Crippen LogP) is 4.39. The van der Waals surface area contributed by atoms with Crippen LogP contribution in [0.4, 0.5) is 4.39 Å². The highest BCUT2D eigenvalue weighted by molar-refractivity contribution is 6.07. The van der Waals surface area contributed by atoms with Crippen LogP contribution in [0.5, 0.6) is 0 Å². The zero-order valence-electron chi connectivity index (χ0n) is 19.1. The first-order valence-electron chi connectivity index (χ1n) is 11.1. The van der Waals surface area contributed by atoms with Gasteiger partial charge in [-0.15, -0.1) is 0 Å². The normalized spacial score (nSPS) is 10.9. The molecule has 36 heavy (non-hydrogen) atoms. The number of rotatable bonds is 6. The van der Waals surface area contributed by atoms with E-state index in [1.807, 2.05) is 6.07 Å². The molecule has 0 atom stereocenters. The summed E-state index contributed by atoms with van der Waals surface area (Å²) in [6.45, 7) is 1.66. The van der Waals surface area contributed by atoms with Gasteiger partial charge >= 0.3 is 0 Å². The minimum absolute atomic E-state index is 0.0150. The Bertz CT molecular complexity index is 1560. The summed E-state index contributed by atoms with van der Waals surface area (Å²) in [6.07, 6.45) is 1.65. The Balaban J connectivity index is 1.22. The molecule has 0 aliphatic carbocycles. The number of pyridine rings is 1. The van der Waals surface area contributed by atoms with Gasteiger partial charge in [-0.05, 0) is 42.8 Å². The molecule has 3 aromatic heterocycles. The first-order valence-corrected chi connectivity index (χ1v) is 11.1. The number of benzene rings is 2. The van der Waals surface area contributed by atoms with Crippen molar-refractivity contribution in [2.45, 2.75) is 19.8 Å². The molecule has 9 nitrogen and oxygen atoms in total. The molecule has 0 bridgehead atoms. The Morgan fingerprint density at radius 2 is 1.86 bits per heavy atom. The molecule has 3 heterocycles. The van der Waals surface area contributed by atoms with Crippen molar-refractivity contribution in [3.8, 4) is 22.8 Å². The molecule has 10 heteroatoms. The monoisotopic (exact) mass is 485 g/mol. The first kappa shape index (κ1) is 22.9. The summed E-state index contributed by atoms with van der Waals surface area (Å²) in [6, 6.07) is 16.9. The van der Waals surface area contributed by atoms with Crippen molar-refractivity contribution in [3.05, 3.63) is 89.8 Å². The van der Waals surface area contributed by atoms with Crippen LogP contribution in [0, 0.1) is 12.7 Å². The van der Waals surface area contributed by atoms with Gasteiger partial charge in [-0.3, -0.25) is 20.4 Å². The van der Waals surface area contributed by atoms with E-state index in [9.17, 15) is 14.0 Å². The van der Waals surface area contributed by atoms with Crippen molar-refractivity contribution in [2.24, 2.45) is 0 Å². The van der Waals surface area contributed by atoms with E-state index < -0.39 is 11.8 Å². The maximum absolute atomic E-state index is 13.8. The number of hydrogen-bond donors (Lipinski definition) is 2. The topological polar surface area (TPSA) is 123 Å². The zero-order chi connectivity index (χ0) is 25.1. The summed E-state index contributed by atoms with van der Waals surface area (Å²) in [5.74, 6) is -0.353. The van der Waals surface area contributed by atoms with Crippen molar-refractivity contribution in [2.75, 3.05) is 0 Å². The Labute approximate surface area is 204 Å². The number of hydrogen-bond acceptors (Lipinski definition) is 7. The minimum Gasteiger partial charge on any atom is -0.463 e. The molecular weight excluding hydrogens is 465 g/mol. The van der Waals surface area contributed by atoms with Gasteiger partial charge in [0.1, 0.15) is 11.5 Å².